The monoisotopic (exact) mass is 149 g/mol. The molecule has 0 aromatic rings. The third kappa shape index (κ3) is 2.65. The number of hydrogen-bond acceptors (Lipinski definition) is 1. The summed E-state index contributed by atoms with van der Waals surface area (Å²) in [6.45, 7) is 5.42. The zero-order chi connectivity index (χ0) is 8.10. The van der Waals surface area contributed by atoms with Gasteiger partial charge in [0.2, 0.25) is 0 Å². The first-order valence-corrected chi connectivity index (χ1v) is 4.15. The summed E-state index contributed by atoms with van der Waals surface area (Å²) < 4.78 is 0. The van der Waals surface area contributed by atoms with Crippen LogP contribution in [-0.2, 0) is 0 Å². The molecule has 0 atom stereocenters. The van der Waals surface area contributed by atoms with Crippen molar-refractivity contribution in [1.29, 1.82) is 0 Å². The summed E-state index contributed by atoms with van der Waals surface area (Å²) in [7, 11) is 0. The lowest BCUT2D eigenvalue weighted by molar-refractivity contribution is 0.653. The molecule has 1 rings (SSSR count). The quantitative estimate of drug-likeness (QED) is 0.564. The molecule has 1 N–H and O–H groups in total. The Morgan fingerprint density at radius 1 is 1.55 bits per heavy atom. The topological polar surface area (TPSA) is 12.0 Å². The standard InChI is InChI=1S/C10H15N/c1-9(2)10-7-5-3-4-6-8-11-10/h4-5,7,9,11H,6,8H2,1-2H3/b10-7-. The second-order valence-electron chi connectivity index (χ2n) is 3.03. The molecule has 0 unspecified atom stereocenters. The van der Waals surface area contributed by atoms with Crippen LogP contribution in [0.2, 0.25) is 0 Å². The van der Waals surface area contributed by atoms with E-state index in [4.69, 9.17) is 0 Å². The van der Waals surface area contributed by atoms with Gasteiger partial charge in [-0.15, -0.1) is 5.73 Å². The van der Waals surface area contributed by atoms with Gasteiger partial charge in [-0.2, -0.15) is 0 Å². The Balaban J connectivity index is 2.70. The molecule has 0 aliphatic carbocycles. The molecular formula is C10H15N. The first kappa shape index (κ1) is 8.16. The van der Waals surface area contributed by atoms with Crippen LogP contribution in [0.15, 0.2) is 29.7 Å². The first-order chi connectivity index (χ1) is 5.30. The second kappa shape index (κ2) is 4.05. The lowest BCUT2D eigenvalue weighted by Gasteiger charge is -2.13. The Hall–Kier alpha value is -0.940. The third-order valence-corrected chi connectivity index (χ3v) is 1.72. The van der Waals surface area contributed by atoms with Crippen LogP contribution in [-0.4, -0.2) is 6.54 Å². The van der Waals surface area contributed by atoms with E-state index in [1.54, 1.807) is 0 Å². The van der Waals surface area contributed by atoms with Crippen LogP contribution < -0.4 is 5.32 Å². The molecule has 1 heterocycles. The zero-order valence-corrected chi connectivity index (χ0v) is 7.22. The molecule has 11 heavy (non-hydrogen) atoms. The first-order valence-electron chi connectivity index (χ1n) is 4.15. The molecule has 0 saturated carbocycles. The second-order valence-corrected chi connectivity index (χ2v) is 3.03. The van der Waals surface area contributed by atoms with E-state index in [0.29, 0.717) is 5.92 Å². The van der Waals surface area contributed by atoms with Crippen LogP contribution in [0.1, 0.15) is 20.3 Å². The lowest BCUT2D eigenvalue weighted by Crippen LogP contribution is -2.18. The smallest absolute Gasteiger partial charge is 0.0184 e. The fourth-order valence-corrected chi connectivity index (χ4v) is 1.03. The minimum atomic E-state index is 0.589. The minimum absolute atomic E-state index is 0.589. The number of allylic oxidation sites excluding steroid dienone is 2. The van der Waals surface area contributed by atoms with Gasteiger partial charge in [0.25, 0.3) is 0 Å². The van der Waals surface area contributed by atoms with Crippen molar-refractivity contribution < 1.29 is 0 Å². The van der Waals surface area contributed by atoms with E-state index in [1.807, 2.05) is 6.08 Å². The summed E-state index contributed by atoms with van der Waals surface area (Å²) >= 11 is 0. The van der Waals surface area contributed by atoms with Crippen molar-refractivity contribution in [2.75, 3.05) is 6.54 Å². The minimum Gasteiger partial charge on any atom is -0.388 e. The van der Waals surface area contributed by atoms with E-state index in [-0.39, 0.29) is 0 Å². The summed E-state index contributed by atoms with van der Waals surface area (Å²) in [5, 5.41) is 3.38. The van der Waals surface area contributed by atoms with Crippen molar-refractivity contribution in [3.8, 4) is 0 Å². The van der Waals surface area contributed by atoms with Gasteiger partial charge in [-0.05, 0) is 30.6 Å². The summed E-state index contributed by atoms with van der Waals surface area (Å²) in [5.74, 6) is 0.589. The average molecular weight is 149 g/mol. The molecule has 1 aliphatic heterocycles. The van der Waals surface area contributed by atoms with Gasteiger partial charge in [0.05, 0.1) is 0 Å². The largest absolute Gasteiger partial charge is 0.388 e. The Morgan fingerprint density at radius 3 is 3.09 bits per heavy atom. The zero-order valence-electron chi connectivity index (χ0n) is 7.22. The molecule has 0 fully saturated rings. The van der Waals surface area contributed by atoms with Crippen LogP contribution in [0.4, 0.5) is 0 Å². The van der Waals surface area contributed by atoms with Crippen molar-refractivity contribution in [2.24, 2.45) is 5.92 Å². The van der Waals surface area contributed by atoms with Crippen LogP contribution in [0, 0.1) is 5.92 Å². The van der Waals surface area contributed by atoms with E-state index in [1.165, 1.54) is 5.70 Å². The number of nitrogens with one attached hydrogen (secondary N) is 1. The van der Waals surface area contributed by atoms with Gasteiger partial charge < -0.3 is 5.32 Å². The highest BCUT2D eigenvalue weighted by atomic mass is 14.9. The predicted molar refractivity (Wildman–Crippen MR) is 48.2 cm³/mol. The predicted octanol–water partition coefficient (Wildman–Crippen LogP) is 2.23. The van der Waals surface area contributed by atoms with Crippen LogP contribution >= 0.6 is 0 Å². The van der Waals surface area contributed by atoms with Gasteiger partial charge in [0.1, 0.15) is 0 Å². The Morgan fingerprint density at radius 2 is 2.36 bits per heavy atom. The Labute approximate surface area is 68.5 Å². The van der Waals surface area contributed by atoms with Gasteiger partial charge in [-0.1, -0.05) is 13.8 Å². The van der Waals surface area contributed by atoms with E-state index in [9.17, 15) is 0 Å². The third-order valence-electron chi connectivity index (χ3n) is 1.72. The molecule has 0 radical (unpaired) electrons. The van der Waals surface area contributed by atoms with Crippen LogP contribution in [0.5, 0.6) is 0 Å². The van der Waals surface area contributed by atoms with Gasteiger partial charge in [-0.25, -0.2) is 0 Å². The summed E-state index contributed by atoms with van der Waals surface area (Å²) in [6, 6.07) is 0. The fraction of sp³-hybridized carbons (Fsp3) is 0.500. The normalized spacial score (nSPS) is 21.9. The average Bonchev–Trinajstić information content (AvgIpc) is 1.84. The number of rotatable bonds is 1. The molecule has 1 aliphatic rings. The summed E-state index contributed by atoms with van der Waals surface area (Å²) in [6.07, 6.45) is 7.20. The molecule has 0 bridgehead atoms. The van der Waals surface area contributed by atoms with Gasteiger partial charge in [0.15, 0.2) is 0 Å². The maximum atomic E-state index is 3.38. The SMILES string of the molecule is CC(C)/C1=C/C=C=CCCN1. The molecule has 60 valence electrons. The molecule has 0 spiro atoms. The van der Waals surface area contributed by atoms with Crippen LogP contribution in [0.25, 0.3) is 0 Å². The highest BCUT2D eigenvalue weighted by Gasteiger charge is 2.00. The van der Waals surface area contributed by atoms with Gasteiger partial charge >= 0.3 is 0 Å². The van der Waals surface area contributed by atoms with E-state index in [0.717, 1.165) is 13.0 Å². The molecule has 0 aromatic heterocycles. The number of hydrogen-bond donors (Lipinski definition) is 1. The van der Waals surface area contributed by atoms with Crippen molar-refractivity contribution in [3.05, 3.63) is 29.7 Å². The van der Waals surface area contributed by atoms with Gasteiger partial charge in [0, 0.05) is 12.2 Å². The van der Waals surface area contributed by atoms with Crippen molar-refractivity contribution in [3.63, 3.8) is 0 Å². The Bertz CT molecular complexity index is 205. The maximum absolute atomic E-state index is 3.38. The molecule has 0 saturated heterocycles. The summed E-state index contributed by atoms with van der Waals surface area (Å²) in [4.78, 5) is 0. The molecular weight excluding hydrogens is 134 g/mol. The van der Waals surface area contributed by atoms with Gasteiger partial charge in [-0.3, -0.25) is 0 Å². The molecule has 0 aromatic carbocycles. The van der Waals surface area contributed by atoms with Crippen molar-refractivity contribution in [1.82, 2.24) is 5.32 Å². The maximum Gasteiger partial charge on any atom is 0.0184 e. The molecule has 1 heteroatoms. The van der Waals surface area contributed by atoms with Crippen molar-refractivity contribution in [2.45, 2.75) is 20.3 Å². The summed E-state index contributed by atoms with van der Waals surface area (Å²) in [5.41, 5.74) is 4.42. The van der Waals surface area contributed by atoms with Crippen LogP contribution in [0.3, 0.4) is 0 Å². The highest BCUT2D eigenvalue weighted by Crippen LogP contribution is 2.06. The van der Waals surface area contributed by atoms with Crippen molar-refractivity contribution >= 4 is 0 Å². The Kier molecular flexibility index (Phi) is 3.00. The van der Waals surface area contributed by atoms with E-state index in [2.05, 4.69) is 37.0 Å². The lowest BCUT2D eigenvalue weighted by atomic mass is 10.1. The highest BCUT2D eigenvalue weighted by molar-refractivity contribution is 5.14. The molecule has 1 nitrogen and oxygen atoms in total. The molecule has 0 amide bonds. The fourth-order valence-electron chi connectivity index (χ4n) is 1.03. The van der Waals surface area contributed by atoms with E-state index < -0.39 is 0 Å². The van der Waals surface area contributed by atoms with E-state index >= 15 is 0 Å².